The Balaban J connectivity index is 2.73. The molecule has 0 spiro atoms. The fraction of sp³-hybridized carbons (Fsp3) is 0.750. The van der Waals surface area contributed by atoms with E-state index in [2.05, 4.69) is 30.8 Å². The van der Waals surface area contributed by atoms with Gasteiger partial charge in [0.1, 0.15) is 50.3 Å². The van der Waals surface area contributed by atoms with Crippen molar-refractivity contribution in [2.45, 2.75) is 194 Å². The van der Waals surface area contributed by atoms with E-state index in [1.54, 1.807) is 62.8 Å². The first-order chi connectivity index (χ1) is 40.8. The van der Waals surface area contributed by atoms with Crippen LogP contribution in [0.15, 0.2) is 57.1 Å². The molecule has 22 atom stereocenters. The van der Waals surface area contributed by atoms with Crippen LogP contribution in [0.5, 0.6) is 0 Å². The van der Waals surface area contributed by atoms with Gasteiger partial charge in [-0.3, -0.25) is 0 Å². The molecule has 3 rings (SSSR count). The third kappa shape index (κ3) is 16.4. The zero-order chi connectivity index (χ0) is 66.2. The molecule has 1 aliphatic rings. The van der Waals surface area contributed by atoms with Crippen LogP contribution in [-0.2, 0) is 51.3 Å². The van der Waals surface area contributed by atoms with Crippen LogP contribution in [0.3, 0.4) is 0 Å². The first-order valence-electron chi connectivity index (χ1n) is 30.7. The summed E-state index contributed by atoms with van der Waals surface area (Å²) in [4.78, 5) is 112. The van der Waals surface area contributed by atoms with E-state index < -0.39 is 142 Å². The minimum absolute atomic E-state index is 0.00857. The van der Waals surface area contributed by atoms with Crippen molar-refractivity contribution in [3.63, 3.8) is 0 Å². The van der Waals surface area contributed by atoms with Gasteiger partial charge in [-0.2, -0.15) is 20.5 Å². The van der Waals surface area contributed by atoms with Crippen LogP contribution in [-0.4, -0.2) is 132 Å². The number of aliphatic hydroxyl groups is 4. The number of aliphatic hydroxyl groups excluding tert-OH is 3. The summed E-state index contributed by atoms with van der Waals surface area (Å²) in [6.07, 6.45) is -0.0230. The molecule has 1 saturated carbocycles. The maximum atomic E-state index is 14.6. The summed E-state index contributed by atoms with van der Waals surface area (Å²) in [5.41, 5.74) is 26.6. The monoisotopic (exact) mass is 1220 g/mol. The standard InChI is InChI=1S/C64H101N11O12/c1-37(2)21-50-47(31-78)58(85)26-46(30-77)61(12,71-66)53(24-40(7)8)56(36-83)64(87,27-43-15-17-44(18-16-43)28-75-20-19-69-74-75)42(10)55(35-82)63(14,73-68)51(22-38(3)4)48(32-79)57(84)25-45(29-76)60(11,70-65)52(23-39(5)6)49(33-80)59(86)41(9)54(34-81)62(50,13)72-67/h15-20,29-42,45-59,65-68,84-87H,21-28H2,1-14H3. The van der Waals surface area contributed by atoms with Gasteiger partial charge in [-0.25, -0.2) is 26.8 Å². The van der Waals surface area contributed by atoms with Gasteiger partial charge < -0.3 is 58.8 Å². The molecular weight excluding hydrogens is 1110 g/mol. The molecule has 2 aromatic rings. The van der Waals surface area contributed by atoms with Crippen LogP contribution in [0.4, 0.5) is 0 Å². The van der Waals surface area contributed by atoms with Gasteiger partial charge in [0.05, 0.1) is 58.8 Å². The number of rotatable bonds is 24. The molecule has 1 aliphatic carbocycles. The fourth-order valence-electron chi connectivity index (χ4n) is 15.0. The lowest BCUT2D eigenvalue weighted by molar-refractivity contribution is -0.153. The van der Waals surface area contributed by atoms with E-state index in [-0.39, 0.29) is 55.8 Å². The van der Waals surface area contributed by atoms with Crippen molar-refractivity contribution in [3.8, 4) is 0 Å². The van der Waals surface area contributed by atoms with Crippen molar-refractivity contribution >= 4 is 50.3 Å². The van der Waals surface area contributed by atoms with E-state index in [1.165, 1.54) is 47.7 Å². The second-order valence-corrected chi connectivity index (χ2v) is 27.7. The van der Waals surface area contributed by atoms with Crippen molar-refractivity contribution in [3.05, 3.63) is 47.8 Å². The second kappa shape index (κ2) is 32.4. The molecule has 0 bridgehead atoms. The Hall–Kier alpha value is -6.04. The summed E-state index contributed by atoms with van der Waals surface area (Å²) < 4.78 is 1.60. The first-order valence-corrected chi connectivity index (χ1v) is 30.7. The largest absolute Gasteiger partial charge is 0.392 e. The molecule has 0 radical (unpaired) electrons. The lowest BCUT2D eigenvalue weighted by Crippen LogP contribution is -2.61. The van der Waals surface area contributed by atoms with Crippen LogP contribution in [0, 0.1) is 129 Å². The summed E-state index contributed by atoms with van der Waals surface area (Å²) in [6, 6.07) is 6.99. The topological polar surface area (TPSA) is 393 Å². The van der Waals surface area contributed by atoms with Crippen molar-refractivity contribution < 1.29 is 58.8 Å². The normalized spacial score (nSPS) is 38.1. The zero-order valence-electron chi connectivity index (χ0n) is 53.5. The number of nitrogens with zero attached hydrogens (tertiary/aromatic N) is 7. The second-order valence-electron chi connectivity index (χ2n) is 27.7. The molecule has 0 amide bonds. The third-order valence-electron chi connectivity index (χ3n) is 20.4. The van der Waals surface area contributed by atoms with Crippen molar-refractivity contribution in [2.75, 3.05) is 0 Å². The molecule has 1 heterocycles. The predicted octanol–water partition coefficient (Wildman–Crippen LogP) is 9.08. The maximum absolute atomic E-state index is 14.6. The van der Waals surface area contributed by atoms with E-state index in [1.807, 2.05) is 27.7 Å². The molecule has 1 aromatic heterocycles. The number of carbonyl (C=O) groups is 8. The van der Waals surface area contributed by atoms with Gasteiger partial charge in [-0.05, 0) is 137 Å². The summed E-state index contributed by atoms with van der Waals surface area (Å²) in [5.74, 6) is -21.2. The average molecular weight is 1220 g/mol. The molecule has 484 valence electrons. The molecule has 23 heteroatoms. The Bertz CT molecular complexity index is 2610. The molecule has 0 aliphatic heterocycles. The minimum atomic E-state index is -2.41. The number of benzene rings is 1. The molecular formula is C64H101N11O12. The van der Waals surface area contributed by atoms with Gasteiger partial charge in [0.2, 0.25) is 0 Å². The lowest BCUT2D eigenvalue weighted by Gasteiger charge is -2.52. The summed E-state index contributed by atoms with van der Waals surface area (Å²) in [6.45, 7) is 23.5. The van der Waals surface area contributed by atoms with Gasteiger partial charge in [-0.1, -0.05) is 98.7 Å². The van der Waals surface area contributed by atoms with Gasteiger partial charge in [-0.15, -0.1) is 5.10 Å². The molecule has 8 N–H and O–H groups in total. The fourth-order valence-corrected chi connectivity index (χ4v) is 15.0. The highest BCUT2D eigenvalue weighted by molar-refractivity contribution is 5.65. The van der Waals surface area contributed by atoms with Crippen LogP contribution < -0.4 is 0 Å². The number of aldehydes is 8. The SMILES string of the molecule is CC(C)CC1C(C=O)C(O)C(C)C(C=O)C(C)(N=N)C(CC(C)C)C(C=O)C(O)CC(C=O)C(C)(N=N)C(CC(C)C)C(C=O)C(O)(Cc2ccc(Cn3ccnn3)cc2)C(C)C(C=O)C(C)(N=N)C(CC(C)C)C(C=O)C(O)CC(C=O)C1(C)N=N. The molecule has 1 fully saturated rings. The van der Waals surface area contributed by atoms with Crippen LogP contribution >= 0.6 is 0 Å². The predicted molar refractivity (Wildman–Crippen MR) is 322 cm³/mol. The maximum Gasteiger partial charge on any atom is 0.126 e. The van der Waals surface area contributed by atoms with E-state index in [0.29, 0.717) is 62.4 Å². The van der Waals surface area contributed by atoms with Crippen LogP contribution in [0.2, 0.25) is 0 Å². The van der Waals surface area contributed by atoms with E-state index in [0.717, 1.165) is 5.56 Å². The van der Waals surface area contributed by atoms with Crippen LogP contribution in [0.1, 0.15) is 147 Å². The highest BCUT2D eigenvalue weighted by atomic mass is 16.3. The Kier molecular flexibility index (Phi) is 28.0. The Morgan fingerprint density at radius 3 is 1.24 bits per heavy atom. The average Bonchev–Trinajstić information content (AvgIpc) is 1.00. The highest BCUT2D eigenvalue weighted by Crippen LogP contribution is 2.53. The van der Waals surface area contributed by atoms with Crippen molar-refractivity contribution in [1.29, 1.82) is 22.1 Å². The van der Waals surface area contributed by atoms with Crippen molar-refractivity contribution in [2.24, 2.45) is 127 Å². The molecule has 87 heavy (non-hydrogen) atoms. The molecule has 23 nitrogen and oxygen atoms in total. The van der Waals surface area contributed by atoms with E-state index in [9.17, 15) is 58.8 Å². The zero-order valence-corrected chi connectivity index (χ0v) is 53.5. The summed E-state index contributed by atoms with van der Waals surface area (Å²) >= 11 is 0. The first kappa shape index (κ1) is 75.2. The number of hydrogen-bond acceptors (Lipinski definition) is 22. The quantitative estimate of drug-likeness (QED) is 0.0359. The minimum Gasteiger partial charge on any atom is -0.392 e. The smallest absolute Gasteiger partial charge is 0.126 e. The van der Waals surface area contributed by atoms with Gasteiger partial charge in [0.15, 0.2) is 0 Å². The lowest BCUT2D eigenvalue weighted by atomic mass is 9.54. The number of hydrogen-bond donors (Lipinski definition) is 8. The van der Waals surface area contributed by atoms with E-state index >= 15 is 0 Å². The Labute approximate surface area is 513 Å². The Morgan fingerprint density at radius 2 is 0.897 bits per heavy atom. The summed E-state index contributed by atoms with van der Waals surface area (Å²) in [5, 5.41) is 76.3. The Morgan fingerprint density at radius 1 is 0.529 bits per heavy atom. The van der Waals surface area contributed by atoms with E-state index in [4.69, 9.17) is 22.1 Å². The highest BCUT2D eigenvalue weighted by Gasteiger charge is 2.61. The van der Waals surface area contributed by atoms with Gasteiger partial charge >= 0.3 is 0 Å². The molecule has 1 aromatic carbocycles. The van der Waals surface area contributed by atoms with Gasteiger partial charge in [0, 0.05) is 60.0 Å². The van der Waals surface area contributed by atoms with Crippen molar-refractivity contribution in [1.82, 2.24) is 15.0 Å². The van der Waals surface area contributed by atoms with Gasteiger partial charge in [0.25, 0.3) is 0 Å². The third-order valence-corrected chi connectivity index (χ3v) is 20.4. The summed E-state index contributed by atoms with van der Waals surface area (Å²) in [7, 11) is 0. The number of aromatic nitrogens is 3. The molecule has 22 unspecified atom stereocenters. The number of carbonyl (C=O) groups excluding carboxylic acids is 8. The molecule has 0 saturated heterocycles. The van der Waals surface area contributed by atoms with Crippen LogP contribution in [0.25, 0.3) is 0 Å². The number of nitrogens with one attached hydrogen (secondary N) is 4.